The maximum absolute atomic E-state index is 13.3. The lowest BCUT2D eigenvalue weighted by atomic mass is 10.1. The lowest BCUT2D eigenvalue weighted by molar-refractivity contribution is -0.141. The van der Waals surface area contributed by atoms with Crippen LogP contribution >= 0.6 is 11.6 Å². The molecule has 2 amide bonds. The number of likely N-dealkylation sites (tertiary alicyclic amines) is 1. The number of carbonyl (C=O) groups is 3. The molecule has 5 rings (SSSR count). The minimum Gasteiger partial charge on any atom is -0.494 e. The lowest BCUT2D eigenvalue weighted by Crippen LogP contribution is -2.41. The van der Waals surface area contributed by atoms with Gasteiger partial charge in [0.2, 0.25) is 0 Å². The molecule has 2 aliphatic rings. The van der Waals surface area contributed by atoms with Gasteiger partial charge in [0.15, 0.2) is 5.69 Å². The van der Waals surface area contributed by atoms with Crippen molar-refractivity contribution in [3.05, 3.63) is 35.2 Å². The molecule has 1 atom stereocenters. The standard InChI is InChI=1S/C28H33ClN6O7/c1-28(2,3)42-27(39)34-9-10-41-22-12-20(21(40-4)11-19(22)34)35-18-13-23(29)31-14-17(18)24(32-35)25(36)30-6-8-33-7-5-16(15-33)26(37)38/h11-14,16H,5-10,15H2,1-4H3,(H,30,36)(H,37,38)/t16-/m0/s1. The number of amides is 2. The van der Waals surface area contributed by atoms with Gasteiger partial charge in [0.25, 0.3) is 5.91 Å². The molecule has 4 heterocycles. The number of carboxylic acid groups (broad SMARTS) is 1. The molecule has 1 saturated heterocycles. The monoisotopic (exact) mass is 600 g/mol. The Morgan fingerprint density at radius 1 is 1.19 bits per heavy atom. The number of pyridine rings is 1. The minimum absolute atomic E-state index is 0.134. The summed E-state index contributed by atoms with van der Waals surface area (Å²) in [5.41, 5.74) is 0.924. The zero-order chi connectivity index (χ0) is 30.2. The van der Waals surface area contributed by atoms with E-state index in [2.05, 4.69) is 15.4 Å². The number of methoxy groups -OCH3 is 1. The minimum atomic E-state index is -0.801. The topological polar surface area (TPSA) is 148 Å². The third-order valence-electron chi connectivity index (χ3n) is 7.05. The molecule has 14 heteroatoms. The number of aliphatic carboxylic acids is 1. The predicted octanol–water partition coefficient (Wildman–Crippen LogP) is 3.35. The number of halogens is 1. The Morgan fingerprint density at radius 2 is 1.98 bits per heavy atom. The zero-order valence-electron chi connectivity index (χ0n) is 23.8. The second-order valence-corrected chi connectivity index (χ2v) is 11.5. The Morgan fingerprint density at radius 3 is 2.67 bits per heavy atom. The van der Waals surface area contributed by atoms with Gasteiger partial charge in [-0.2, -0.15) is 5.10 Å². The van der Waals surface area contributed by atoms with Crippen molar-refractivity contribution in [1.29, 1.82) is 0 Å². The van der Waals surface area contributed by atoms with Crippen LogP contribution in [0.15, 0.2) is 24.4 Å². The van der Waals surface area contributed by atoms with Crippen molar-refractivity contribution in [1.82, 2.24) is 25.0 Å². The summed E-state index contributed by atoms with van der Waals surface area (Å²) in [7, 11) is 1.49. The molecule has 3 aromatic rings. The maximum atomic E-state index is 13.3. The molecule has 13 nitrogen and oxygen atoms in total. The lowest BCUT2D eigenvalue weighted by Gasteiger charge is -2.32. The predicted molar refractivity (Wildman–Crippen MR) is 154 cm³/mol. The van der Waals surface area contributed by atoms with E-state index in [0.717, 1.165) is 0 Å². The third-order valence-corrected chi connectivity index (χ3v) is 7.25. The van der Waals surface area contributed by atoms with Crippen LogP contribution in [-0.2, 0) is 9.53 Å². The van der Waals surface area contributed by atoms with Crippen LogP contribution in [0.1, 0.15) is 37.7 Å². The maximum Gasteiger partial charge on any atom is 0.415 e. The van der Waals surface area contributed by atoms with E-state index in [9.17, 15) is 19.5 Å². The van der Waals surface area contributed by atoms with Gasteiger partial charge in [-0.15, -0.1) is 0 Å². The Balaban J connectivity index is 1.44. The van der Waals surface area contributed by atoms with E-state index in [1.165, 1.54) is 22.9 Å². The van der Waals surface area contributed by atoms with Gasteiger partial charge < -0.3 is 29.5 Å². The van der Waals surface area contributed by atoms with Crippen LogP contribution in [0.4, 0.5) is 10.5 Å². The van der Waals surface area contributed by atoms with Crippen LogP contribution in [0.25, 0.3) is 16.6 Å². The SMILES string of the molecule is COc1cc2c(cc1-n1nc(C(=O)NCCN3CC[C@H](C(=O)O)C3)c3cnc(Cl)cc31)OCCN2C(=O)OC(C)(C)C. The Labute approximate surface area is 247 Å². The number of anilines is 1. The zero-order valence-corrected chi connectivity index (χ0v) is 24.6. The smallest absolute Gasteiger partial charge is 0.415 e. The van der Waals surface area contributed by atoms with E-state index in [1.807, 2.05) is 4.90 Å². The molecule has 2 N–H and O–H groups in total. The van der Waals surface area contributed by atoms with Gasteiger partial charge in [0, 0.05) is 44.0 Å². The molecule has 42 heavy (non-hydrogen) atoms. The van der Waals surface area contributed by atoms with Crippen LogP contribution in [-0.4, -0.2) is 94.8 Å². The van der Waals surface area contributed by atoms with Gasteiger partial charge in [0.1, 0.15) is 34.5 Å². The second-order valence-electron chi connectivity index (χ2n) is 11.1. The normalized spacial score (nSPS) is 17.1. The van der Waals surface area contributed by atoms with Crippen molar-refractivity contribution in [2.24, 2.45) is 5.92 Å². The molecular weight excluding hydrogens is 568 g/mol. The Bertz CT molecular complexity index is 1540. The van der Waals surface area contributed by atoms with E-state index >= 15 is 0 Å². The van der Waals surface area contributed by atoms with Crippen LogP contribution < -0.4 is 19.7 Å². The number of nitrogens with one attached hydrogen (secondary N) is 1. The average molecular weight is 601 g/mol. The van der Waals surface area contributed by atoms with Crippen molar-refractivity contribution >= 4 is 46.2 Å². The van der Waals surface area contributed by atoms with Gasteiger partial charge in [-0.3, -0.25) is 14.5 Å². The van der Waals surface area contributed by atoms with Crippen molar-refractivity contribution in [3.63, 3.8) is 0 Å². The molecule has 2 aromatic heterocycles. The molecule has 1 aromatic carbocycles. The molecule has 0 spiro atoms. The fourth-order valence-corrected chi connectivity index (χ4v) is 5.21. The summed E-state index contributed by atoms with van der Waals surface area (Å²) < 4.78 is 18.7. The highest BCUT2D eigenvalue weighted by atomic mass is 35.5. The second kappa shape index (κ2) is 11.6. The van der Waals surface area contributed by atoms with Crippen molar-refractivity contribution in [3.8, 4) is 17.2 Å². The molecule has 0 saturated carbocycles. The van der Waals surface area contributed by atoms with Gasteiger partial charge in [-0.1, -0.05) is 11.6 Å². The molecule has 0 aliphatic carbocycles. The quantitative estimate of drug-likeness (QED) is 0.387. The van der Waals surface area contributed by atoms with E-state index in [-0.39, 0.29) is 23.4 Å². The fraction of sp³-hybridized carbons (Fsp3) is 0.464. The first-order valence-corrected chi connectivity index (χ1v) is 14.0. The fourth-order valence-electron chi connectivity index (χ4n) is 5.05. The molecule has 0 radical (unpaired) electrons. The number of nitrogens with zero attached hydrogens (tertiary/aromatic N) is 5. The number of carbonyl (C=O) groups excluding carboxylic acids is 2. The van der Waals surface area contributed by atoms with Crippen molar-refractivity contribution in [2.75, 3.05) is 51.3 Å². The number of benzene rings is 1. The number of carboxylic acids is 1. The first-order valence-electron chi connectivity index (χ1n) is 13.6. The number of hydrogen-bond donors (Lipinski definition) is 2. The number of hydrogen-bond acceptors (Lipinski definition) is 9. The van der Waals surface area contributed by atoms with E-state index in [0.29, 0.717) is 72.9 Å². The number of aromatic nitrogens is 3. The highest BCUT2D eigenvalue weighted by Gasteiger charge is 2.31. The molecule has 0 unspecified atom stereocenters. The largest absolute Gasteiger partial charge is 0.494 e. The number of fused-ring (bicyclic) bond motifs is 2. The summed E-state index contributed by atoms with van der Waals surface area (Å²) in [6, 6.07) is 4.97. The van der Waals surface area contributed by atoms with E-state index in [4.69, 9.17) is 25.8 Å². The van der Waals surface area contributed by atoms with Crippen LogP contribution in [0.3, 0.4) is 0 Å². The molecular formula is C28H33ClN6O7. The highest BCUT2D eigenvalue weighted by Crippen LogP contribution is 2.41. The summed E-state index contributed by atoms with van der Waals surface area (Å²) in [6.07, 6.45) is 1.57. The highest BCUT2D eigenvalue weighted by molar-refractivity contribution is 6.30. The van der Waals surface area contributed by atoms with E-state index < -0.39 is 23.6 Å². The molecule has 0 bridgehead atoms. The average Bonchev–Trinajstić information content (AvgIpc) is 3.56. The molecule has 1 fully saturated rings. The number of rotatable bonds is 7. The molecule has 2 aliphatic heterocycles. The Kier molecular flexibility index (Phi) is 8.15. The van der Waals surface area contributed by atoms with Crippen LogP contribution in [0.2, 0.25) is 5.15 Å². The first-order chi connectivity index (χ1) is 19.9. The first kappa shape index (κ1) is 29.4. The van der Waals surface area contributed by atoms with Gasteiger partial charge in [-0.25, -0.2) is 14.5 Å². The van der Waals surface area contributed by atoms with Crippen LogP contribution in [0.5, 0.6) is 11.5 Å². The summed E-state index contributed by atoms with van der Waals surface area (Å²) in [4.78, 5) is 45.1. The van der Waals surface area contributed by atoms with Crippen molar-refractivity contribution < 1.29 is 33.7 Å². The van der Waals surface area contributed by atoms with Gasteiger partial charge in [-0.05, 0) is 33.7 Å². The van der Waals surface area contributed by atoms with E-state index in [1.54, 1.807) is 39.0 Å². The summed E-state index contributed by atoms with van der Waals surface area (Å²) in [5.74, 6) is -0.809. The van der Waals surface area contributed by atoms with Crippen LogP contribution in [0, 0.1) is 5.92 Å². The summed E-state index contributed by atoms with van der Waals surface area (Å²) in [5, 5.41) is 17.4. The number of ether oxygens (including phenoxy) is 3. The van der Waals surface area contributed by atoms with Crippen molar-refractivity contribution in [2.45, 2.75) is 32.8 Å². The molecule has 224 valence electrons. The third kappa shape index (κ3) is 6.07. The van der Waals surface area contributed by atoms with Gasteiger partial charge in [0.05, 0.1) is 36.2 Å². The summed E-state index contributed by atoms with van der Waals surface area (Å²) >= 11 is 6.24. The Hall–Kier alpha value is -4.10. The van der Waals surface area contributed by atoms with Gasteiger partial charge >= 0.3 is 12.1 Å². The summed E-state index contributed by atoms with van der Waals surface area (Å²) in [6.45, 7) is 7.91.